The number of hydrogen-bond donors (Lipinski definition) is 3. The molecular weight excluding hydrogens is 150 g/mol. The second kappa shape index (κ2) is 2.15. The first-order valence-electron chi connectivity index (χ1n) is 3.55. The minimum atomic E-state index is -1.18. The van der Waals surface area contributed by atoms with Crippen LogP contribution < -0.4 is 5.73 Å². The van der Waals surface area contributed by atoms with Gasteiger partial charge in [-0.1, -0.05) is 0 Å². The summed E-state index contributed by atoms with van der Waals surface area (Å²) in [6, 6.07) is 0. The van der Waals surface area contributed by atoms with Gasteiger partial charge in [0.15, 0.2) is 5.72 Å². The van der Waals surface area contributed by atoms with Crippen molar-refractivity contribution in [1.82, 2.24) is 0 Å². The van der Waals surface area contributed by atoms with Gasteiger partial charge in [0.05, 0.1) is 13.2 Å². The van der Waals surface area contributed by atoms with E-state index in [4.69, 9.17) is 15.2 Å². The molecule has 0 saturated carbocycles. The molecule has 0 amide bonds. The number of aliphatic hydroxyl groups excluding tert-OH is 2. The van der Waals surface area contributed by atoms with Crippen molar-refractivity contribution in [3.63, 3.8) is 0 Å². The maximum Gasteiger partial charge on any atom is 0.174 e. The van der Waals surface area contributed by atoms with Crippen molar-refractivity contribution >= 4 is 0 Å². The van der Waals surface area contributed by atoms with E-state index in [0.29, 0.717) is 0 Å². The third-order valence-corrected chi connectivity index (χ3v) is 2.25. The minimum Gasteiger partial charge on any atom is -0.388 e. The third kappa shape index (κ3) is 0.830. The van der Waals surface area contributed by atoms with E-state index < -0.39 is 24.0 Å². The van der Waals surface area contributed by atoms with Gasteiger partial charge in [0, 0.05) is 0 Å². The number of ether oxygens (including phenoxy) is 2. The van der Waals surface area contributed by atoms with E-state index in [0.717, 1.165) is 0 Å². The van der Waals surface area contributed by atoms with Crippen LogP contribution in [0.2, 0.25) is 0 Å². The first-order valence-corrected chi connectivity index (χ1v) is 3.55. The van der Waals surface area contributed by atoms with Crippen LogP contribution in [-0.2, 0) is 9.47 Å². The Morgan fingerprint density at radius 3 is 2.73 bits per heavy atom. The van der Waals surface area contributed by atoms with Gasteiger partial charge < -0.3 is 19.7 Å². The molecule has 2 rings (SSSR count). The molecule has 11 heavy (non-hydrogen) atoms. The zero-order valence-electron chi connectivity index (χ0n) is 5.93. The summed E-state index contributed by atoms with van der Waals surface area (Å²) in [5, 5.41) is 18.5. The Morgan fingerprint density at radius 1 is 1.36 bits per heavy atom. The number of rotatable bonds is 0. The highest BCUT2D eigenvalue weighted by Gasteiger charge is 2.57. The lowest BCUT2D eigenvalue weighted by atomic mass is 10.0. The summed E-state index contributed by atoms with van der Waals surface area (Å²) in [5.74, 6) is 0. The molecule has 0 aromatic carbocycles. The summed E-state index contributed by atoms with van der Waals surface area (Å²) in [5.41, 5.74) is 4.46. The molecule has 0 aliphatic carbocycles. The van der Waals surface area contributed by atoms with Crippen LogP contribution in [0, 0.1) is 0 Å². The first-order chi connectivity index (χ1) is 5.14. The maximum absolute atomic E-state index is 9.29. The second-order valence-corrected chi connectivity index (χ2v) is 3.00. The van der Waals surface area contributed by atoms with E-state index in [1.165, 1.54) is 0 Å². The molecule has 4 atom stereocenters. The predicted molar refractivity (Wildman–Crippen MR) is 34.6 cm³/mol. The SMILES string of the molecule is N[C@]12OC[C@@H](O)[C@H]1OC[C@H]2O. The highest BCUT2D eigenvalue weighted by molar-refractivity contribution is 5.03. The molecular formula is C6H11NO4. The molecule has 0 unspecified atom stereocenters. The second-order valence-electron chi connectivity index (χ2n) is 3.00. The van der Waals surface area contributed by atoms with Crippen molar-refractivity contribution in [3.8, 4) is 0 Å². The van der Waals surface area contributed by atoms with E-state index in [9.17, 15) is 10.2 Å². The van der Waals surface area contributed by atoms with Crippen LogP contribution in [0.15, 0.2) is 0 Å². The van der Waals surface area contributed by atoms with Gasteiger partial charge in [-0.25, -0.2) is 0 Å². The van der Waals surface area contributed by atoms with Crippen molar-refractivity contribution in [1.29, 1.82) is 0 Å². The van der Waals surface area contributed by atoms with Crippen molar-refractivity contribution in [3.05, 3.63) is 0 Å². The summed E-state index contributed by atoms with van der Waals surface area (Å²) in [6.07, 6.45) is -2.11. The fraction of sp³-hybridized carbons (Fsp3) is 1.00. The molecule has 2 saturated heterocycles. The van der Waals surface area contributed by atoms with Crippen molar-refractivity contribution in [2.24, 2.45) is 5.73 Å². The summed E-state index contributed by atoms with van der Waals surface area (Å²) in [4.78, 5) is 0. The first kappa shape index (κ1) is 7.45. The molecule has 2 aliphatic rings. The minimum absolute atomic E-state index is 0.137. The van der Waals surface area contributed by atoms with Crippen molar-refractivity contribution in [2.45, 2.75) is 24.0 Å². The van der Waals surface area contributed by atoms with Crippen LogP contribution in [0.5, 0.6) is 0 Å². The largest absolute Gasteiger partial charge is 0.388 e. The van der Waals surface area contributed by atoms with Gasteiger partial charge >= 0.3 is 0 Å². The molecule has 0 aromatic heterocycles. The molecule has 2 fully saturated rings. The lowest BCUT2D eigenvalue weighted by Gasteiger charge is -2.24. The summed E-state index contributed by atoms with van der Waals surface area (Å²) in [7, 11) is 0. The molecule has 5 nitrogen and oxygen atoms in total. The summed E-state index contributed by atoms with van der Waals surface area (Å²) in [6.45, 7) is 0.274. The van der Waals surface area contributed by atoms with Gasteiger partial charge in [0.1, 0.15) is 18.3 Å². The van der Waals surface area contributed by atoms with Crippen molar-refractivity contribution in [2.75, 3.05) is 13.2 Å². The van der Waals surface area contributed by atoms with E-state index in [1.807, 2.05) is 0 Å². The number of aliphatic hydroxyl groups is 2. The quantitative estimate of drug-likeness (QED) is 0.375. The Labute approximate surface area is 63.7 Å². The van der Waals surface area contributed by atoms with Crippen LogP contribution in [0.1, 0.15) is 0 Å². The lowest BCUT2D eigenvalue weighted by molar-refractivity contribution is -0.0715. The molecule has 4 N–H and O–H groups in total. The Kier molecular flexibility index (Phi) is 1.45. The molecule has 0 spiro atoms. The molecule has 64 valence electrons. The Balaban J connectivity index is 2.23. The Hall–Kier alpha value is -0.200. The van der Waals surface area contributed by atoms with Crippen molar-refractivity contribution < 1.29 is 19.7 Å². The fourth-order valence-corrected chi connectivity index (χ4v) is 1.55. The summed E-state index contributed by atoms with van der Waals surface area (Å²) < 4.78 is 10.1. The molecule has 0 radical (unpaired) electrons. The molecule has 0 bridgehead atoms. The Bertz CT molecular complexity index is 176. The monoisotopic (exact) mass is 161 g/mol. The van der Waals surface area contributed by atoms with Gasteiger partial charge in [-0.15, -0.1) is 0 Å². The van der Waals surface area contributed by atoms with Crippen LogP contribution in [0.4, 0.5) is 0 Å². The Morgan fingerprint density at radius 2 is 2.09 bits per heavy atom. The van der Waals surface area contributed by atoms with Crippen LogP contribution >= 0.6 is 0 Å². The van der Waals surface area contributed by atoms with Crippen LogP contribution in [-0.4, -0.2) is 47.5 Å². The van der Waals surface area contributed by atoms with E-state index >= 15 is 0 Å². The highest BCUT2D eigenvalue weighted by Crippen LogP contribution is 2.33. The zero-order valence-corrected chi connectivity index (χ0v) is 5.93. The van der Waals surface area contributed by atoms with Crippen LogP contribution in [0.3, 0.4) is 0 Å². The summed E-state index contributed by atoms with van der Waals surface area (Å²) >= 11 is 0. The molecule has 5 heteroatoms. The number of fused-ring (bicyclic) bond motifs is 1. The van der Waals surface area contributed by atoms with E-state index in [1.54, 1.807) is 0 Å². The average molecular weight is 161 g/mol. The lowest BCUT2D eigenvalue weighted by Crippen LogP contribution is -2.55. The zero-order chi connectivity index (χ0) is 8.06. The standard InChI is InChI=1S/C6H11NO4/c7-6-4(9)2-10-5(6)3(8)1-11-6/h3-5,8-9H,1-2,7H2/t3-,4-,5-,6-/m1/s1. The number of nitrogens with two attached hydrogens (primary N) is 1. The molecule has 0 aromatic rings. The van der Waals surface area contributed by atoms with Gasteiger partial charge in [-0.05, 0) is 0 Å². The molecule has 2 heterocycles. The third-order valence-electron chi connectivity index (χ3n) is 2.25. The van der Waals surface area contributed by atoms with Gasteiger partial charge in [-0.2, -0.15) is 0 Å². The van der Waals surface area contributed by atoms with E-state index in [-0.39, 0.29) is 13.2 Å². The van der Waals surface area contributed by atoms with Gasteiger partial charge in [0.25, 0.3) is 0 Å². The van der Waals surface area contributed by atoms with Crippen LogP contribution in [0.25, 0.3) is 0 Å². The molecule has 2 aliphatic heterocycles. The van der Waals surface area contributed by atoms with E-state index in [2.05, 4.69) is 0 Å². The average Bonchev–Trinajstić information content (AvgIpc) is 2.39. The normalized spacial score (nSPS) is 56.5. The smallest absolute Gasteiger partial charge is 0.174 e. The fourth-order valence-electron chi connectivity index (χ4n) is 1.55. The van der Waals surface area contributed by atoms with Gasteiger partial charge in [0.2, 0.25) is 0 Å². The highest BCUT2D eigenvalue weighted by atomic mass is 16.6. The predicted octanol–water partition coefficient (Wildman–Crippen LogP) is -2.21. The topological polar surface area (TPSA) is 84.9 Å². The van der Waals surface area contributed by atoms with Gasteiger partial charge in [-0.3, -0.25) is 5.73 Å². The number of hydrogen-bond acceptors (Lipinski definition) is 5. The maximum atomic E-state index is 9.29.